The van der Waals surface area contributed by atoms with E-state index in [2.05, 4.69) is 32.6 Å². The predicted octanol–water partition coefficient (Wildman–Crippen LogP) is 3.03. The lowest BCUT2D eigenvalue weighted by atomic mass is 9.72. The summed E-state index contributed by atoms with van der Waals surface area (Å²) in [7, 11) is 0. The fourth-order valence-corrected chi connectivity index (χ4v) is 4.21. The normalized spacial score (nSPS) is 37.1. The lowest BCUT2D eigenvalue weighted by Crippen LogP contribution is -2.46. The summed E-state index contributed by atoms with van der Waals surface area (Å²) in [5, 5.41) is 0. The van der Waals surface area contributed by atoms with Crippen LogP contribution in [0.4, 0.5) is 0 Å². The van der Waals surface area contributed by atoms with E-state index in [1.54, 1.807) is 0 Å². The Morgan fingerprint density at radius 3 is 2.40 bits per heavy atom. The molecule has 116 valence electrons. The molecule has 3 nitrogen and oxygen atoms in total. The van der Waals surface area contributed by atoms with Crippen LogP contribution in [0, 0.1) is 23.2 Å². The summed E-state index contributed by atoms with van der Waals surface area (Å²) in [6.45, 7) is 10.9. The van der Waals surface area contributed by atoms with Gasteiger partial charge >= 0.3 is 0 Å². The molecule has 0 aromatic heterocycles. The first-order valence-corrected chi connectivity index (χ1v) is 8.46. The minimum atomic E-state index is 0.158. The van der Waals surface area contributed by atoms with Crippen LogP contribution in [0.15, 0.2) is 0 Å². The Morgan fingerprint density at radius 2 is 1.85 bits per heavy atom. The molecule has 1 aliphatic carbocycles. The molecule has 0 aromatic carbocycles. The second-order valence-electron chi connectivity index (χ2n) is 7.41. The van der Waals surface area contributed by atoms with E-state index in [0.29, 0.717) is 23.2 Å². The number of carbonyl (C=O) groups excluding carboxylic acids is 1. The molecule has 1 amide bonds. The summed E-state index contributed by atoms with van der Waals surface area (Å²) in [4.78, 5) is 15.0. The van der Waals surface area contributed by atoms with E-state index >= 15 is 0 Å². The zero-order chi connectivity index (χ0) is 14.9. The van der Waals surface area contributed by atoms with Crippen LogP contribution in [0.2, 0.25) is 0 Å². The molecule has 0 bridgehead atoms. The molecule has 1 saturated heterocycles. The van der Waals surface area contributed by atoms with Gasteiger partial charge in [0.2, 0.25) is 5.91 Å². The van der Waals surface area contributed by atoms with Crippen molar-refractivity contribution in [2.75, 3.05) is 13.1 Å². The Morgan fingerprint density at radius 1 is 1.20 bits per heavy atom. The van der Waals surface area contributed by atoms with Crippen molar-refractivity contribution in [2.24, 2.45) is 28.9 Å². The maximum atomic E-state index is 12.9. The largest absolute Gasteiger partial charge is 0.342 e. The maximum Gasteiger partial charge on any atom is 0.226 e. The van der Waals surface area contributed by atoms with E-state index < -0.39 is 0 Å². The van der Waals surface area contributed by atoms with Gasteiger partial charge < -0.3 is 10.6 Å². The highest BCUT2D eigenvalue weighted by molar-refractivity contribution is 5.79. The molecular formula is C17H32N2O. The summed E-state index contributed by atoms with van der Waals surface area (Å²) in [5.41, 5.74) is 6.58. The van der Waals surface area contributed by atoms with Crippen LogP contribution in [0.3, 0.4) is 0 Å². The van der Waals surface area contributed by atoms with Crippen molar-refractivity contribution in [3.05, 3.63) is 0 Å². The molecule has 2 fully saturated rings. The van der Waals surface area contributed by atoms with Crippen molar-refractivity contribution in [1.29, 1.82) is 0 Å². The van der Waals surface area contributed by atoms with Crippen LogP contribution in [0.5, 0.6) is 0 Å². The van der Waals surface area contributed by atoms with Gasteiger partial charge in [0, 0.05) is 25.0 Å². The number of nitrogens with two attached hydrogens (primary N) is 1. The molecule has 4 atom stereocenters. The third-order valence-corrected chi connectivity index (χ3v) is 6.25. The zero-order valence-electron chi connectivity index (χ0n) is 13.7. The van der Waals surface area contributed by atoms with Crippen molar-refractivity contribution in [1.82, 2.24) is 4.90 Å². The van der Waals surface area contributed by atoms with Gasteiger partial charge in [-0.1, -0.05) is 27.7 Å². The molecule has 0 radical (unpaired) electrons. The Hall–Kier alpha value is -0.570. The van der Waals surface area contributed by atoms with Crippen LogP contribution in [0.1, 0.15) is 59.8 Å². The first-order chi connectivity index (χ1) is 9.42. The molecule has 2 aliphatic rings. The monoisotopic (exact) mass is 280 g/mol. The quantitative estimate of drug-likeness (QED) is 0.863. The third kappa shape index (κ3) is 2.88. The van der Waals surface area contributed by atoms with Gasteiger partial charge in [-0.15, -0.1) is 0 Å². The number of hydrogen-bond donors (Lipinski definition) is 1. The van der Waals surface area contributed by atoms with Gasteiger partial charge in [0.15, 0.2) is 0 Å². The van der Waals surface area contributed by atoms with Gasteiger partial charge in [0.05, 0.1) is 0 Å². The Balaban J connectivity index is 2.02. The molecule has 1 saturated carbocycles. The summed E-state index contributed by atoms with van der Waals surface area (Å²) >= 11 is 0. The first-order valence-electron chi connectivity index (χ1n) is 8.46. The highest BCUT2D eigenvalue weighted by atomic mass is 16.2. The first kappa shape index (κ1) is 15.8. The molecule has 2 N–H and O–H groups in total. The number of hydrogen-bond acceptors (Lipinski definition) is 2. The average Bonchev–Trinajstić information content (AvgIpc) is 2.87. The van der Waals surface area contributed by atoms with E-state index in [1.807, 2.05) is 0 Å². The van der Waals surface area contributed by atoms with Crippen molar-refractivity contribution < 1.29 is 4.79 Å². The highest BCUT2D eigenvalue weighted by Gasteiger charge is 2.42. The van der Waals surface area contributed by atoms with Crippen LogP contribution in [-0.4, -0.2) is 29.9 Å². The molecule has 0 aromatic rings. The third-order valence-electron chi connectivity index (χ3n) is 6.25. The molecule has 0 spiro atoms. The average molecular weight is 280 g/mol. The fraction of sp³-hybridized carbons (Fsp3) is 0.941. The van der Waals surface area contributed by atoms with Gasteiger partial charge in [-0.25, -0.2) is 0 Å². The van der Waals surface area contributed by atoms with Crippen LogP contribution in [-0.2, 0) is 4.79 Å². The van der Waals surface area contributed by atoms with E-state index in [-0.39, 0.29) is 12.0 Å². The SMILES string of the molecule is CCC1(CC)CCN(C(=O)C2CC(N)C(C)CC2C)C1. The molecular weight excluding hydrogens is 248 g/mol. The summed E-state index contributed by atoms with van der Waals surface area (Å²) < 4.78 is 0. The number of amides is 1. The Kier molecular flexibility index (Phi) is 4.78. The van der Waals surface area contributed by atoms with Crippen LogP contribution < -0.4 is 5.73 Å². The molecule has 3 heteroatoms. The van der Waals surface area contributed by atoms with E-state index in [9.17, 15) is 4.79 Å². The minimum absolute atomic E-state index is 0.158. The number of carbonyl (C=O) groups is 1. The minimum Gasteiger partial charge on any atom is -0.342 e. The lowest BCUT2D eigenvalue weighted by molar-refractivity contribution is -0.138. The van der Waals surface area contributed by atoms with Gasteiger partial charge in [-0.05, 0) is 49.4 Å². The molecule has 4 unspecified atom stereocenters. The topological polar surface area (TPSA) is 46.3 Å². The Labute approximate surface area is 124 Å². The molecule has 1 heterocycles. The van der Waals surface area contributed by atoms with Gasteiger partial charge in [-0.3, -0.25) is 4.79 Å². The predicted molar refractivity (Wildman–Crippen MR) is 83.2 cm³/mol. The molecule has 1 aliphatic heterocycles. The van der Waals surface area contributed by atoms with Crippen LogP contribution in [0.25, 0.3) is 0 Å². The summed E-state index contributed by atoms with van der Waals surface area (Å²) in [6, 6.07) is 0.199. The second-order valence-corrected chi connectivity index (χ2v) is 7.41. The van der Waals surface area contributed by atoms with Gasteiger partial charge in [0.25, 0.3) is 0 Å². The van der Waals surface area contributed by atoms with E-state index in [0.717, 1.165) is 25.9 Å². The van der Waals surface area contributed by atoms with E-state index in [1.165, 1.54) is 19.3 Å². The van der Waals surface area contributed by atoms with Crippen molar-refractivity contribution >= 4 is 5.91 Å². The number of nitrogens with zero attached hydrogens (tertiary/aromatic N) is 1. The van der Waals surface area contributed by atoms with E-state index in [4.69, 9.17) is 5.73 Å². The lowest BCUT2D eigenvalue weighted by Gasteiger charge is -2.38. The summed E-state index contributed by atoms with van der Waals surface area (Å²) in [5.74, 6) is 1.57. The van der Waals surface area contributed by atoms with Crippen molar-refractivity contribution in [2.45, 2.75) is 65.8 Å². The van der Waals surface area contributed by atoms with Crippen molar-refractivity contribution in [3.8, 4) is 0 Å². The number of likely N-dealkylation sites (tertiary alicyclic amines) is 1. The fourth-order valence-electron chi connectivity index (χ4n) is 4.21. The van der Waals surface area contributed by atoms with Crippen molar-refractivity contribution in [3.63, 3.8) is 0 Å². The maximum absolute atomic E-state index is 12.9. The van der Waals surface area contributed by atoms with Gasteiger partial charge in [-0.2, -0.15) is 0 Å². The number of rotatable bonds is 3. The van der Waals surface area contributed by atoms with Gasteiger partial charge in [0.1, 0.15) is 0 Å². The standard InChI is InChI=1S/C17H32N2O/c1-5-17(6-2)7-8-19(11-17)16(20)14-10-15(18)13(4)9-12(14)3/h12-15H,5-11,18H2,1-4H3. The molecule has 2 rings (SSSR count). The highest BCUT2D eigenvalue weighted by Crippen LogP contribution is 2.40. The second kappa shape index (κ2) is 6.05. The Bertz CT molecular complexity index is 351. The summed E-state index contributed by atoms with van der Waals surface area (Å²) in [6.07, 6.45) is 5.52. The van der Waals surface area contributed by atoms with Crippen LogP contribution >= 0.6 is 0 Å². The smallest absolute Gasteiger partial charge is 0.226 e. The zero-order valence-corrected chi connectivity index (χ0v) is 13.7. The molecule has 20 heavy (non-hydrogen) atoms.